The quantitative estimate of drug-likeness (QED) is 0.481. The Morgan fingerprint density at radius 1 is 1.34 bits per heavy atom. The maximum Gasteiger partial charge on any atom is 0.141 e. The first-order chi connectivity index (χ1) is 13.5. The lowest BCUT2D eigenvalue weighted by Crippen LogP contribution is -2.22. The average molecular weight is 418 g/mol. The van der Waals surface area contributed by atoms with Crippen LogP contribution in [0.5, 0.6) is 5.75 Å². The van der Waals surface area contributed by atoms with Crippen LogP contribution < -0.4 is 15.8 Å². The van der Waals surface area contributed by atoms with Gasteiger partial charge in [-0.1, -0.05) is 32.4 Å². The molecule has 6 nitrogen and oxygen atoms in total. The standard InChI is InChI=1S/C22H32ClN5O/c1-8-22(6,7)18-12(3)16(23)10-15(19(18)29-9-2)14(5)28-21-17(13(4)24)20(25)26-11-27-21/h10-11,14,24H,8-9H2,1-7H3,(H3,25,26,27,28). The van der Waals surface area contributed by atoms with Crippen LogP contribution in [0, 0.1) is 12.3 Å². The number of nitrogen functional groups attached to an aromatic ring is 1. The van der Waals surface area contributed by atoms with E-state index in [0.717, 1.165) is 28.9 Å². The van der Waals surface area contributed by atoms with E-state index in [1.165, 1.54) is 6.33 Å². The summed E-state index contributed by atoms with van der Waals surface area (Å²) in [6, 6.07) is 1.78. The molecule has 0 fully saturated rings. The first-order valence-corrected chi connectivity index (χ1v) is 10.3. The summed E-state index contributed by atoms with van der Waals surface area (Å²) in [6.45, 7) is 14.8. The third kappa shape index (κ3) is 4.64. The lowest BCUT2D eigenvalue weighted by molar-refractivity contribution is 0.321. The molecular formula is C22H32ClN5O. The van der Waals surface area contributed by atoms with E-state index in [1.807, 2.05) is 26.8 Å². The highest BCUT2D eigenvalue weighted by molar-refractivity contribution is 6.31. The van der Waals surface area contributed by atoms with Gasteiger partial charge in [-0.15, -0.1) is 0 Å². The van der Waals surface area contributed by atoms with Crippen molar-refractivity contribution in [3.63, 3.8) is 0 Å². The molecule has 1 aromatic heterocycles. The summed E-state index contributed by atoms with van der Waals surface area (Å²) >= 11 is 6.65. The van der Waals surface area contributed by atoms with Crippen molar-refractivity contribution in [2.24, 2.45) is 0 Å². The molecular weight excluding hydrogens is 386 g/mol. The van der Waals surface area contributed by atoms with Crippen LogP contribution in [-0.4, -0.2) is 22.3 Å². The summed E-state index contributed by atoms with van der Waals surface area (Å²) < 4.78 is 6.15. The van der Waals surface area contributed by atoms with E-state index in [0.29, 0.717) is 28.7 Å². The predicted molar refractivity (Wildman–Crippen MR) is 122 cm³/mol. The molecule has 2 aromatic rings. The summed E-state index contributed by atoms with van der Waals surface area (Å²) in [5.74, 6) is 1.66. The summed E-state index contributed by atoms with van der Waals surface area (Å²) in [6.07, 6.45) is 2.35. The molecule has 0 radical (unpaired) electrons. The number of benzene rings is 1. The van der Waals surface area contributed by atoms with Crippen molar-refractivity contribution in [3.8, 4) is 5.75 Å². The highest BCUT2D eigenvalue weighted by atomic mass is 35.5. The van der Waals surface area contributed by atoms with Crippen LogP contribution in [0.25, 0.3) is 0 Å². The molecule has 0 saturated carbocycles. The lowest BCUT2D eigenvalue weighted by Gasteiger charge is -2.31. The van der Waals surface area contributed by atoms with E-state index in [9.17, 15) is 0 Å². The van der Waals surface area contributed by atoms with Crippen molar-refractivity contribution in [3.05, 3.63) is 39.7 Å². The molecule has 1 aromatic carbocycles. The first-order valence-electron chi connectivity index (χ1n) is 9.93. The number of nitrogens with two attached hydrogens (primary N) is 1. The van der Waals surface area contributed by atoms with Gasteiger partial charge in [0.15, 0.2) is 0 Å². The largest absolute Gasteiger partial charge is 0.493 e. The molecule has 0 amide bonds. The van der Waals surface area contributed by atoms with Gasteiger partial charge in [-0.25, -0.2) is 9.97 Å². The average Bonchev–Trinajstić information content (AvgIpc) is 2.64. The fraction of sp³-hybridized carbons (Fsp3) is 0.500. The summed E-state index contributed by atoms with van der Waals surface area (Å²) in [5.41, 5.74) is 9.81. The molecule has 0 spiro atoms. The Morgan fingerprint density at radius 2 is 2.00 bits per heavy atom. The van der Waals surface area contributed by atoms with Gasteiger partial charge in [-0.05, 0) is 51.2 Å². The van der Waals surface area contributed by atoms with Crippen LogP contribution in [0.3, 0.4) is 0 Å². The lowest BCUT2D eigenvalue weighted by atomic mass is 9.78. The highest BCUT2D eigenvalue weighted by Gasteiger charge is 2.30. The number of anilines is 2. The molecule has 0 aliphatic rings. The predicted octanol–water partition coefficient (Wildman–Crippen LogP) is 5.67. The maximum absolute atomic E-state index is 8.03. The fourth-order valence-corrected chi connectivity index (χ4v) is 3.73. The number of halogens is 1. The van der Waals surface area contributed by atoms with Gasteiger partial charge in [0.1, 0.15) is 23.7 Å². The molecule has 0 saturated heterocycles. The third-order valence-electron chi connectivity index (χ3n) is 5.43. The Kier molecular flexibility index (Phi) is 7.11. The van der Waals surface area contributed by atoms with Crippen molar-refractivity contribution in [1.82, 2.24) is 9.97 Å². The number of nitrogens with zero attached hydrogens (tertiary/aromatic N) is 2. The Hall–Kier alpha value is -2.34. The zero-order chi connectivity index (χ0) is 21.9. The number of rotatable bonds is 8. The minimum absolute atomic E-state index is 0.0932. The SMILES string of the molecule is CCOc1c(C(C)Nc2ncnc(N)c2C(C)=N)cc(Cl)c(C)c1C(C)(C)CC. The second kappa shape index (κ2) is 8.99. The van der Waals surface area contributed by atoms with Crippen LogP contribution in [0.2, 0.25) is 5.02 Å². The van der Waals surface area contributed by atoms with Crippen LogP contribution in [-0.2, 0) is 5.41 Å². The molecule has 1 heterocycles. The minimum Gasteiger partial charge on any atom is -0.493 e. The fourth-order valence-electron chi connectivity index (χ4n) is 3.52. The molecule has 7 heteroatoms. The third-order valence-corrected chi connectivity index (χ3v) is 5.82. The van der Waals surface area contributed by atoms with Crippen molar-refractivity contribution >= 4 is 28.9 Å². The van der Waals surface area contributed by atoms with Gasteiger partial charge >= 0.3 is 0 Å². The van der Waals surface area contributed by atoms with E-state index in [2.05, 4.69) is 36.1 Å². The smallest absolute Gasteiger partial charge is 0.141 e. The minimum atomic E-state index is -0.173. The van der Waals surface area contributed by atoms with Crippen LogP contribution in [0.15, 0.2) is 12.4 Å². The Bertz CT molecular complexity index is 911. The summed E-state index contributed by atoms with van der Waals surface area (Å²) in [7, 11) is 0. The molecule has 0 aliphatic carbocycles. The molecule has 0 aliphatic heterocycles. The Balaban J connectivity index is 2.63. The normalized spacial score (nSPS) is 12.6. The second-order valence-corrected chi connectivity index (χ2v) is 8.33. The van der Waals surface area contributed by atoms with Crippen molar-refractivity contribution < 1.29 is 4.74 Å². The van der Waals surface area contributed by atoms with Gasteiger partial charge in [0.2, 0.25) is 0 Å². The van der Waals surface area contributed by atoms with Gasteiger partial charge in [0, 0.05) is 21.9 Å². The monoisotopic (exact) mass is 417 g/mol. The van der Waals surface area contributed by atoms with Gasteiger partial charge in [-0.2, -0.15) is 0 Å². The summed E-state index contributed by atoms with van der Waals surface area (Å²) in [5, 5.41) is 12.1. The maximum atomic E-state index is 8.03. The number of aromatic nitrogens is 2. The summed E-state index contributed by atoms with van der Waals surface area (Å²) in [4.78, 5) is 8.32. The van der Waals surface area contributed by atoms with Gasteiger partial charge in [0.25, 0.3) is 0 Å². The van der Waals surface area contributed by atoms with E-state index in [1.54, 1.807) is 6.92 Å². The van der Waals surface area contributed by atoms with Gasteiger partial charge in [-0.3, -0.25) is 0 Å². The number of hydrogen-bond donors (Lipinski definition) is 3. The van der Waals surface area contributed by atoms with Crippen LogP contribution in [0.1, 0.15) is 76.3 Å². The van der Waals surface area contributed by atoms with Crippen molar-refractivity contribution in [2.45, 2.75) is 66.3 Å². The first kappa shape index (κ1) is 22.9. The van der Waals surface area contributed by atoms with E-state index in [4.69, 9.17) is 27.5 Å². The molecule has 2 rings (SSSR count). The molecule has 4 N–H and O–H groups in total. The number of hydrogen-bond acceptors (Lipinski definition) is 6. The van der Waals surface area contributed by atoms with E-state index in [-0.39, 0.29) is 17.3 Å². The van der Waals surface area contributed by atoms with Gasteiger partial charge < -0.3 is 21.2 Å². The van der Waals surface area contributed by atoms with Crippen molar-refractivity contribution in [2.75, 3.05) is 17.7 Å². The second-order valence-electron chi connectivity index (χ2n) is 7.92. The highest BCUT2D eigenvalue weighted by Crippen LogP contribution is 2.44. The number of ether oxygens (including phenoxy) is 1. The Labute approximate surface area is 178 Å². The van der Waals surface area contributed by atoms with Crippen molar-refractivity contribution in [1.29, 1.82) is 5.41 Å². The molecule has 1 atom stereocenters. The molecule has 1 unspecified atom stereocenters. The zero-order valence-electron chi connectivity index (χ0n) is 18.4. The van der Waals surface area contributed by atoms with Crippen LogP contribution in [0.4, 0.5) is 11.6 Å². The van der Waals surface area contributed by atoms with Gasteiger partial charge in [0.05, 0.1) is 18.2 Å². The molecule has 158 valence electrons. The van der Waals surface area contributed by atoms with E-state index < -0.39 is 0 Å². The molecule has 29 heavy (non-hydrogen) atoms. The zero-order valence-corrected chi connectivity index (χ0v) is 19.2. The topological polar surface area (TPSA) is 96.9 Å². The van der Waals surface area contributed by atoms with Crippen LogP contribution >= 0.6 is 11.6 Å². The number of nitrogens with one attached hydrogen (secondary N) is 2. The Morgan fingerprint density at radius 3 is 2.55 bits per heavy atom. The molecule has 0 bridgehead atoms. The van der Waals surface area contributed by atoms with E-state index >= 15 is 0 Å².